The summed E-state index contributed by atoms with van der Waals surface area (Å²) in [5.74, 6) is 0. The minimum absolute atomic E-state index is 0. The summed E-state index contributed by atoms with van der Waals surface area (Å²) in [5.41, 5.74) is 0. The second kappa shape index (κ2) is 5.77. The SMILES string of the molecule is Br.Br.[CH3][Zr]([CH3])(=[SiH2])([C]1=CC=CC1)[C]1=CC=CC1. The first kappa shape index (κ1) is 17.0. The van der Waals surface area contributed by atoms with Crippen LogP contribution < -0.4 is 0 Å². The van der Waals surface area contributed by atoms with Crippen LogP contribution in [0, 0.1) is 0 Å². The van der Waals surface area contributed by atoms with Gasteiger partial charge in [-0.3, -0.25) is 0 Å². The molecule has 0 saturated carbocycles. The zero-order valence-corrected chi connectivity index (χ0v) is 17.2. The number of hydrogen-bond acceptors (Lipinski definition) is 0. The molecule has 0 aromatic heterocycles. The molecule has 0 saturated heterocycles. The Balaban J connectivity index is 0.00000112. The van der Waals surface area contributed by atoms with Crippen LogP contribution in [0.4, 0.5) is 0 Å². The zero-order chi connectivity index (χ0) is 10.3. The second-order valence-corrected chi connectivity index (χ2v) is 34.2. The van der Waals surface area contributed by atoms with Gasteiger partial charge in [-0.25, -0.2) is 0 Å². The molecule has 0 aromatic rings. The Morgan fingerprint density at radius 3 is 1.56 bits per heavy atom. The molecular weight excluding hydrogens is 423 g/mol. The molecule has 0 spiro atoms. The second-order valence-electron chi connectivity index (χ2n) is 5.33. The molecule has 90 valence electrons. The summed E-state index contributed by atoms with van der Waals surface area (Å²) in [6.07, 6.45) is 16.2. The van der Waals surface area contributed by atoms with Gasteiger partial charge < -0.3 is 0 Å². The van der Waals surface area contributed by atoms with Crippen molar-refractivity contribution in [2.75, 3.05) is 0 Å². The molecule has 2 aliphatic carbocycles. The Morgan fingerprint density at radius 1 is 0.938 bits per heavy atom. The number of hydrogen-bond donors (Lipinski definition) is 0. The molecule has 0 amide bonds. The van der Waals surface area contributed by atoms with Gasteiger partial charge in [0.1, 0.15) is 0 Å². The van der Waals surface area contributed by atoms with Crippen LogP contribution in [0.2, 0.25) is 9.26 Å². The zero-order valence-electron chi connectivity index (χ0n) is 9.90. The molecule has 0 aliphatic heterocycles. The average Bonchev–Trinajstić information content (AvgIpc) is 2.78. The summed E-state index contributed by atoms with van der Waals surface area (Å²) in [6, 6.07) is 0. The van der Waals surface area contributed by atoms with Crippen molar-refractivity contribution in [1.29, 1.82) is 0 Å². The van der Waals surface area contributed by atoms with E-state index in [1.165, 1.54) is 12.8 Å². The molecule has 0 bridgehead atoms. The normalized spacial score (nSPS) is 18.7. The van der Waals surface area contributed by atoms with E-state index in [2.05, 4.69) is 52.6 Å². The molecule has 0 nitrogen and oxygen atoms in total. The van der Waals surface area contributed by atoms with Crippen molar-refractivity contribution < 1.29 is 17.4 Å². The van der Waals surface area contributed by atoms with Gasteiger partial charge in [-0.15, -0.1) is 34.0 Å². The minimum atomic E-state index is -2.62. The third-order valence-corrected chi connectivity index (χ3v) is 20.9. The van der Waals surface area contributed by atoms with Crippen LogP contribution in [0.25, 0.3) is 0 Å². The predicted octanol–water partition coefficient (Wildman–Crippen LogP) is 4.16. The molecule has 2 rings (SSSR count). The van der Waals surface area contributed by atoms with E-state index in [4.69, 9.17) is 0 Å². The number of rotatable bonds is 2. The van der Waals surface area contributed by atoms with Crippen molar-refractivity contribution in [3.05, 3.63) is 43.0 Å². The van der Waals surface area contributed by atoms with E-state index in [0.29, 0.717) is 0 Å². The van der Waals surface area contributed by atoms with Crippen LogP contribution in [0.1, 0.15) is 12.8 Å². The fourth-order valence-electron chi connectivity index (χ4n) is 2.29. The molecule has 2 aliphatic rings. The number of halogens is 2. The molecule has 0 radical (unpaired) electrons. The topological polar surface area (TPSA) is 0 Å². The molecule has 0 aromatic carbocycles. The van der Waals surface area contributed by atoms with Crippen molar-refractivity contribution in [2.24, 2.45) is 0 Å². The molecule has 16 heavy (non-hydrogen) atoms. The van der Waals surface area contributed by atoms with E-state index in [-0.39, 0.29) is 34.0 Å². The van der Waals surface area contributed by atoms with Crippen LogP contribution in [0.3, 0.4) is 0 Å². The first-order valence-electron chi connectivity index (χ1n) is 5.29. The van der Waals surface area contributed by atoms with Crippen LogP contribution in [-0.2, 0) is 17.4 Å². The van der Waals surface area contributed by atoms with Crippen molar-refractivity contribution in [1.82, 2.24) is 0 Å². The van der Waals surface area contributed by atoms with Crippen LogP contribution in [-0.4, -0.2) is 6.88 Å². The summed E-state index contributed by atoms with van der Waals surface area (Å²) in [7, 11) is 0. The van der Waals surface area contributed by atoms with Crippen molar-refractivity contribution >= 4 is 40.8 Å². The van der Waals surface area contributed by atoms with Gasteiger partial charge in [-0.1, -0.05) is 0 Å². The Labute approximate surface area is 122 Å². The van der Waals surface area contributed by atoms with Gasteiger partial charge in [-0.2, -0.15) is 0 Å². The molecule has 0 N–H and O–H groups in total. The quantitative estimate of drug-likeness (QED) is 0.563. The van der Waals surface area contributed by atoms with E-state index < -0.39 is 17.4 Å². The summed E-state index contributed by atoms with van der Waals surface area (Å²) in [4.78, 5) is 0. The third kappa shape index (κ3) is 3.07. The monoisotopic (exact) mass is 440 g/mol. The third-order valence-electron chi connectivity index (χ3n) is 3.60. The first-order chi connectivity index (χ1) is 6.49. The molecule has 0 atom stereocenters. The van der Waals surface area contributed by atoms with Crippen LogP contribution in [0.5, 0.6) is 0 Å². The predicted molar refractivity (Wildman–Crippen MR) is 84.6 cm³/mol. The van der Waals surface area contributed by atoms with E-state index in [9.17, 15) is 0 Å². The fraction of sp³-hybridized carbons (Fsp3) is 0.333. The van der Waals surface area contributed by atoms with E-state index in [1.807, 2.05) is 0 Å². The van der Waals surface area contributed by atoms with Gasteiger partial charge in [-0.05, 0) is 0 Å². The summed E-state index contributed by atoms with van der Waals surface area (Å²) in [6.45, 7) is 2.32. The van der Waals surface area contributed by atoms with Crippen molar-refractivity contribution in [3.63, 3.8) is 0 Å². The molecular formula is C12H20Br2SiZr. The molecule has 0 fully saturated rings. The molecule has 0 heterocycles. The summed E-state index contributed by atoms with van der Waals surface area (Å²) in [5, 5.41) is 0. The Morgan fingerprint density at radius 2 is 1.31 bits per heavy atom. The molecule has 0 unspecified atom stereocenters. The summed E-state index contributed by atoms with van der Waals surface area (Å²) >= 11 is -2.62. The fourth-order valence-corrected chi connectivity index (χ4v) is 13.3. The first-order valence-corrected chi connectivity index (χ1v) is 18.6. The van der Waals surface area contributed by atoms with Gasteiger partial charge in [0.2, 0.25) is 0 Å². The van der Waals surface area contributed by atoms with Crippen LogP contribution >= 0.6 is 34.0 Å². The maximum absolute atomic E-state index is 2.62. The Kier molecular flexibility index (Phi) is 6.14. The van der Waals surface area contributed by atoms with Gasteiger partial charge in [0.25, 0.3) is 0 Å². The van der Waals surface area contributed by atoms with E-state index >= 15 is 0 Å². The maximum atomic E-state index is 2.57. The van der Waals surface area contributed by atoms with Crippen molar-refractivity contribution in [2.45, 2.75) is 22.1 Å². The standard InChI is InChI=1S/2C5H5.2CH3.2BrH.H2Si.Zr/c2*1-2-4-5-3-1;;;;;;/h2*1-3H,4H2;2*1H3;2*1H;1H2;. The van der Waals surface area contributed by atoms with Crippen LogP contribution in [0.15, 0.2) is 43.0 Å². The average molecular weight is 443 g/mol. The molecule has 4 heteroatoms. The van der Waals surface area contributed by atoms with Crippen molar-refractivity contribution in [3.8, 4) is 0 Å². The van der Waals surface area contributed by atoms with Gasteiger partial charge in [0.05, 0.1) is 0 Å². The summed E-state index contributed by atoms with van der Waals surface area (Å²) < 4.78 is 8.63. The van der Waals surface area contributed by atoms with Gasteiger partial charge >= 0.3 is 89.4 Å². The van der Waals surface area contributed by atoms with E-state index in [0.717, 1.165) is 0 Å². The van der Waals surface area contributed by atoms with Gasteiger partial charge in [0, 0.05) is 0 Å². The Bertz CT molecular complexity index is 414. The van der Waals surface area contributed by atoms with Gasteiger partial charge in [0.15, 0.2) is 0 Å². The van der Waals surface area contributed by atoms with E-state index in [1.54, 1.807) is 6.56 Å². The number of allylic oxidation sites excluding steroid dienone is 8. The Hall–Kier alpha value is 1.02.